The summed E-state index contributed by atoms with van der Waals surface area (Å²) in [6.45, 7) is 2.41. The fraction of sp³-hybridized carbons (Fsp3) is 0.611. The molecule has 0 aromatic heterocycles. The number of likely N-dealkylation sites (tertiary alicyclic amines) is 1. The van der Waals surface area contributed by atoms with Crippen molar-refractivity contribution in [2.75, 3.05) is 26.2 Å². The molecule has 2 saturated heterocycles. The molecule has 2 heterocycles. The SMILES string of the molecule is O=C(C1CCN(S(=O)(=O)Cc2c(Cl)cccc2Cl)CC1)N1CCCCC1. The largest absolute Gasteiger partial charge is 0.342 e. The molecule has 0 aliphatic carbocycles. The fourth-order valence-electron chi connectivity index (χ4n) is 3.70. The van der Waals surface area contributed by atoms with Gasteiger partial charge in [-0.3, -0.25) is 4.79 Å². The quantitative estimate of drug-likeness (QED) is 0.750. The Morgan fingerprint density at radius 3 is 2.15 bits per heavy atom. The Labute approximate surface area is 165 Å². The van der Waals surface area contributed by atoms with Gasteiger partial charge in [0.15, 0.2) is 0 Å². The minimum Gasteiger partial charge on any atom is -0.342 e. The molecule has 1 aromatic rings. The lowest BCUT2D eigenvalue weighted by Gasteiger charge is -2.35. The summed E-state index contributed by atoms with van der Waals surface area (Å²) >= 11 is 12.2. The van der Waals surface area contributed by atoms with Gasteiger partial charge in [0.05, 0.1) is 5.75 Å². The second-order valence-electron chi connectivity index (χ2n) is 7.02. The zero-order chi connectivity index (χ0) is 18.7. The van der Waals surface area contributed by atoms with Crippen LogP contribution in [0, 0.1) is 5.92 Å². The number of halogens is 2. The van der Waals surface area contributed by atoms with E-state index in [9.17, 15) is 13.2 Å². The first-order valence-electron chi connectivity index (χ1n) is 9.08. The second kappa shape index (κ2) is 8.46. The van der Waals surface area contributed by atoms with Crippen LogP contribution >= 0.6 is 23.2 Å². The van der Waals surface area contributed by atoms with Crippen molar-refractivity contribution in [3.8, 4) is 0 Å². The van der Waals surface area contributed by atoms with E-state index in [4.69, 9.17) is 23.2 Å². The lowest BCUT2D eigenvalue weighted by atomic mass is 9.95. The van der Waals surface area contributed by atoms with Crippen LogP contribution in [-0.4, -0.2) is 49.7 Å². The summed E-state index contributed by atoms with van der Waals surface area (Å²) in [6, 6.07) is 4.97. The topological polar surface area (TPSA) is 57.7 Å². The van der Waals surface area contributed by atoms with Gasteiger partial charge in [0.1, 0.15) is 0 Å². The normalized spacial score (nSPS) is 20.3. The maximum atomic E-state index is 12.8. The summed E-state index contributed by atoms with van der Waals surface area (Å²) in [4.78, 5) is 14.6. The number of carbonyl (C=O) groups excluding carboxylic acids is 1. The van der Waals surface area contributed by atoms with Gasteiger partial charge in [-0.15, -0.1) is 0 Å². The molecule has 0 saturated carbocycles. The van der Waals surface area contributed by atoms with Gasteiger partial charge in [0.25, 0.3) is 0 Å². The van der Waals surface area contributed by atoms with Crippen LogP contribution in [0.2, 0.25) is 10.0 Å². The van der Waals surface area contributed by atoms with E-state index >= 15 is 0 Å². The number of rotatable bonds is 4. The highest BCUT2D eigenvalue weighted by Crippen LogP contribution is 2.29. The van der Waals surface area contributed by atoms with E-state index in [1.54, 1.807) is 18.2 Å². The lowest BCUT2D eigenvalue weighted by Crippen LogP contribution is -2.45. The highest BCUT2D eigenvalue weighted by Gasteiger charge is 2.33. The van der Waals surface area contributed by atoms with Crippen LogP contribution in [0.3, 0.4) is 0 Å². The third-order valence-corrected chi connectivity index (χ3v) is 7.77. The molecule has 0 atom stereocenters. The standard InChI is InChI=1S/C18H24Cl2N2O3S/c19-16-5-4-6-17(20)15(16)13-26(24,25)22-11-7-14(8-12-22)18(23)21-9-2-1-3-10-21/h4-6,14H,1-3,7-13H2. The van der Waals surface area contributed by atoms with Gasteiger partial charge in [0, 0.05) is 47.7 Å². The molecule has 0 N–H and O–H groups in total. The van der Waals surface area contributed by atoms with E-state index in [2.05, 4.69) is 0 Å². The third-order valence-electron chi connectivity index (χ3n) is 5.25. The Morgan fingerprint density at radius 2 is 1.58 bits per heavy atom. The average molecular weight is 419 g/mol. The Bertz CT molecular complexity index is 735. The molecule has 1 amide bonds. The van der Waals surface area contributed by atoms with Crippen LogP contribution in [0.1, 0.15) is 37.7 Å². The van der Waals surface area contributed by atoms with E-state index in [1.165, 1.54) is 10.7 Å². The van der Waals surface area contributed by atoms with Crippen LogP contribution in [-0.2, 0) is 20.6 Å². The summed E-state index contributed by atoms with van der Waals surface area (Å²) in [7, 11) is -3.52. The van der Waals surface area contributed by atoms with Gasteiger partial charge in [-0.2, -0.15) is 0 Å². The van der Waals surface area contributed by atoms with Gasteiger partial charge in [-0.25, -0.2) is 12.7 Å². The first-order valence-corrected chi connectivity index (χ1v) is 11.4. The van der Waals surface area contributed by atoms with E-state index in [-0.39, 0.29) is 17.6 Å². The van der Waals surface area contributed by atoms with Gasteiger partial charge >= 0.3 is 0 Å². The van der Waals surface area contributed by atoms with Gasteiger partial charge < -0.3 is 4.90 Å². The number of carbonyl (C=O) groups is 1. The Kier molecular flexibility index (Phi) is 6.49. The molecule has 5 nitrogen and oxygen atoms in total. The molecule has 8 heteroatoms. The molecular weight excluding hydrogens is 395 g/mol. The Morgan fingerprint density at radius 1 is 1.00 bits per heavy atom. The first kappa shape index (κ1) is 19.9. The zero-order valence-electron chi connectivity index (χ0n) is 14.7. The van der Waals surface area contributed by atoms with Crippen molar-refractivity contribution in [2.45, 2.75) is 37.9 Å². The van der Waals surface area contributed by atoms with E-state index < -0.39 is 10.0 Å². The minimum atomic E-state index is -3.52. The molecule has 3 rings (SSSR count). The molecular formula is C18H24Cl2N2O3S. The highest BCUT2D eigenvalue weighted by atomic mass is 35.5. The van der Waals surface area contributed by atoms with Crippen molar-refractivity contribution in [3.63, 3.8) is 0 Å². The van der Waals surface area contributed by atoms with Crippen LogP contribution in [0.15, 0.2) is 18.2 Å². The highest BCUT2D eigenvalue weighted by molar-refractivity contribution is 7.88. The molecule has 144 valence electrons. The number of hydrogen-bond acceptors (Lipinski definition) is 3. The van der Waals surface area contributed by atoms with E-state index in [0.29, 0.717) is 41.5 Å². The Hall–Kier alpha value is -0.820. The number of amides is 1. The van der Waals surface area contributed by atoms with Crippen molar-refractivity contribution in [1.29, 1.82) is 0 Å². The zero-order valence-corrected chi connectivity index (χ0v) is 17.0. The Balaban J connectivity index is 1.60. The fourth-order valence-corrected chi connectivity index (χ4v) is 6.01. The molecule has 2 fully saturated rings. The van der Waals surface area contributed by atoms with Crippen molar-refractivity contribution < 1.29 is 13.2 Å². The molecule has 0 bridgehead atoms. The molecule has 0 unspecified atom stereocenters. The number of piperidine rings is 2. The monoisotopic (exact) mass is 418 g/mol. The predicted molar refractivity (Wildman–Crippen MR) is 104 cm³/mol. The first-order chi connectivity index (χ1) is 12.4. The summed E-state index contributed by atoms with van der Waals surface area (Å²) in [5.41, 5.74) is 0.433. The third kappa shape index (κ3) is 4.53. The van der Waals surface area contributed by atoms with E-state index in [0.717, 1.165) is 25.9 Å². The van der Waals surface area contributed by atoms with Crippen LogP contribution < -0.4 is 0 Å². The van der Waals surface area contributed by atoms with Crippen LogP contribution in [0.25, 0.3) is 0 Å². The summed E-state index contributed by atoms with van der Waals surface area (Å²) in [5.74, 6) is -0.0877. The van der Waals surface area contributed by atoms with Gasteiger partial charge in [-0.05, 0) is 44.2 Å². The van der Waals surface area contributed by atoms with E-state index in [1.807, 2.05) is 4.90 Å². The number of benzene rings is 1. The molecule has 0 spiro atoms. The van der Waals surface area contributed by atoms with Crippen molar-refractivity contribution in [3.05, 3.63) is 33.8 Å². The van der Waals surface area contributed by atoms with Crippen LogP contribution in [0.5, 0.6) is 0 Å². The molecule has 1 aromatic carbocycles. The van der Waals surface area contributed by atoms with Crippen molar-refractivity contribution >= 4 is 39.1 Å². The smallest absolute Gasteiger partial charge is 0.225 e. The number of nitrogens with zero attached hydrogens (tertiary/aromatic N) is 2. The maximum Gasteiger partial charge on any atom is 0.225 e. The van der Waals surface area contributed by atoms with Crippen molar-refractivity contribution in [2.24, 2.45) is 5.92 Å². The molecule has 26 heavy (non-hydrogen) atoms. The molecule has 0 radical (unpaired) electrons. The summed E-state index contributed by atoms with van der Waals surface area (Å²) in [6.07, 6.45) is 4.47. The minimum absolute atomic E-state index is 0.0662. The van der Waals surface area contributed by atoms with Gasteiger partial charge in [-0.1, -0.05) is 29.3 Å². The van der Waals surface area contributed by atoms with Gasteiger partial charge in [0.2, 0.25) is 15.9 Å². The maximum absolute atomic E-state index is 12.8. The second-order valence-corrected chi connectivity index (χ2v) is 9.80. The summed E-state index contributed by atoms with van der Waals surface area (Å²) < 4.78 is 27.0. The van der Waals surface area contributed by atoms with Crippen LogP contribution in [0.4, 0.5) is 0 Å². The summed E-state index contributed by atoms with van der Waals surface area (Å²) in [5, 5.41) is 0.715. The molecule has 2 aliphatic rings. The lowest BCUT2D eigenvalue weighted by molar-refractivity contribution is -0.137. The average Bonchev–Trinajstić information content (AvgIpc) is 2.65. The number of sulfonamides is 1. The predicted octanol–water partition coefficient (Wildman–Crippen LogP) is 3.55. The van der Waals surface area contributed by atoms with Crippen molar-refractivity contribution in [1.82, 2.24) is 9.21 Å². The number of hydrogen-bond donors (Lipinski definition) is 0. The molecule has 2 aliphatic heterocycles.